The number of esters is 1. The Bertz CT molecular complexity index is 903. The molecule has 30 heavy (non-hydrogen) atoms. The van der Waals surface area contributed by atoms with Crippen molar-refractivity contribution in [2.24, 2.45) is 0 Å². The third kappa shape index (κ3) is 7.63. The Hall–Kier alpha value is -3.26. The summed E-state index contributed by atoms with van der Waals surface area (Å²) in [6, 6.07) is 11.7. The van der Waals surface area contributed by atoms with E-state index in [9.17, 15) is 14.4 Å². The third-order valence-corrected chi connectivity index (χ3v) is 4.17. The highest BCUT2D eigenvalue weighted by molar-refractivity contribution is 6.30. The van der Waals surface area contributed by atoms with Crippen LogP contribution in [0.3, 0.4) is 0 Å². The quantitative estimate of drug-likeness (QED) is 0.553. The van der Waals surface area contributed by atoms with Gasteiger partial charge >= 0.3 is 5.97 Å². The molecule has 9 heteroatoms. The predicted molar refractivity (Wildman–Crippen MR) is 113 cm³/mol. The summed E-state index contributed by atoms with van der Waals surface area (Å²) >= 11 is 5.86. The van der Waals surface area contributed by atoms with Gasteiger partial charge in [-0.3, -0.25) is 14.4 Å². The minimum Gasteiger partial charge on any atom is -0.497 e. The van der Waals surface area contributed by atoms with E-state index in [0.717, 1.165) is 0 Å². The zero-order valence-electron chi connectivity index (χ0n) is 16.7. The van der Waals surface area contributed by atoms with E-state index in [1.54, 1.807) is 42.5 Å². The largest absolute Gasteiger partial charge is 0.497 e. The topological polar surface area (TPSA) is 103 Å². The van der Waals surface area contributed by atoms with Crippen molar-refractivity contribution >= 4 is 40.8 Å². The Kier molecular flexibility index (Phi) is 8.96. The van der Waals surface area contributed by atoms with Gasteiger partial charge in [0.1, 0.15) is 11.5 Å². The van der Waals surface area contributed by atoms with Crippen LogP contribution in [-0.2, 0) is 19.1 Å². The van der Waals surface area contributed by atoms with Gasteiger partial charge in [0.15, 0.2) is 6.61 Å². The summed E-state index contributed by atoms with van der Waals surface area (Å²) in [6.45, 7) is -0.450. The number of carbonyl (C=O) groups is 3. The normalized spacial score (nSPS) is 10.1. The first-order valence-electron chi connectivity index (χ1n) is 9.14. The lowest BCUT2D eigenvalue weighted by atomic mass is 10.2. The van der Waals surface area contributed by atoms with Crippen LogP contribution in [0.25, 0.3) is 0 Å². The molecule has 0 spiro atoms. The maximum absolute atomic E-state index is 12.0. The molecule has 2 N–H and O–H groups in total. The lowest BCUT2D eigenvalue weighted by molar-refractivity contribution is -0.147. The number of halogens is 1. The number of hydrogen-bond acceptors (Lipinski definition) is 6. The average molecular weight is 435 g/mol. The van der Waals surface area contributed by atoms with Crippen molar-refractivity contribution in [2.75, 3.05) is 31.5 Å². The molecule has 0 fully saturated rings. The lowest BCUT2D eigenvalue weighted by Gasteiger charge is -2.12. The van der Waals surface area contributed by atoms with Crippen molar-refractivity contribution in [1.29, 1.82) is 0 Å². The first kappa shape index (κ1) is 23.0. The van der Waals surface area contributed by atoms with Crippen LogP contribution in [0.2, 0.25) is 5.02 Å². The highest BCUT2D eigenvalue weighted by atomic mass is 35.5. The van der Waals surface area contributed by atoms with Gasteiger partial charge in [0.2, 0.25) is 5.91 Å². The number of nitrogens with one attached hydrogen (secondary N) is 2. The Morgan fingerprint density at radius 2 is 1.73 bits per heavy atom. The Balaban J connectivity index is 1.70. The molecule has 0 heterocycles. The standard InChI is InChI=1S/C21H23ClN2O6/c1-28-16-9-10-18(29-2)17(12-16)24-20(26)13-30-21(27)8-4-7-19(25)23-15-6-3-5-14(22)11-15/h3,5-6,9-12H,4,7-8,13H2,1-2H3,(H,23,25)(H,24,26). The van der Waals surface area contributed by atoms with E-state index in [1.807, 2.05) is 0 Å². The van der Waals surface area contributed by atoms with E-state index >= 15 is 0 Å². The molecule has 2 aromatic rings. The molecular weight excluding hydrogens is 412 g/mol. The molecule has 0 saturated carbocycles. The Labute approximate surface area is 179 Å². The lowest BCUT2D eigenvalue weighted by Crippen LogP contribution is -2.21. The van der Waals surface area contributed by atoms with Gasteiger partial charge in [-0.15, -0.1) is 0 Å². The summed E-state index contributed by atoms with van der Waals surface area (Å²) < 4.78 is 15.2. The van der Waals surface area contributed by atoms with Crippen LogP contribution in [0.1, 0.15) is 19.3 Å². The summed E-state index contributed by atoms with van der Waals surface area (Å²) in [7, 11) is 2.98. The summed E-state index contributed by atoms with van der Waals surface area (Å²) in [5, 5.41) is 5.81. The van der Waals surface area contributed by atoms with E-state index in [2.05, 4.69) is 10.6 Å². The molecule has 0 radical (unpaired) electrons. The molecule has 0 saturated heterocycles. The van der Waals surface area contributed by atoms with Gasteiger partial charge in [0, 0.05) is 29.6 Å². The highest BCUT2D eigenvalue weighted by Crippen LogP contribution is 2.28. The van der Waals surface area contributed by atoms with Crippen LogP contribution in [0, 0.1) is 0 Å². The number of benzene rings is 2. The third-order valence-electron chi connectivity index (χ3n) is 3.94. The number of anilines is 2. The molecule has 0 aromatic heterocycles. The fraction of sp³-hybridized carbons (Fsp3) is 0.286. The molecular formula is C21H23ClN2O6. The van der Waals surface area contributed by atoms with Crippen LogP contribution in [-0.4, -0.2) is 38.6 Å². The van der Waals surface area contributed by atoms with Gasteiger partial charge in [-0.1, -0.05) is 17.7 Å². The summed E-state index contributed by atoms with van der Waals surface area (Å²) in [5.41, 5.74) is 0.982. The summed E-state index contributed by atoms with van der Waals surface area (Å²) in [4.78, 5) is 35.7. The SMILES string of the molecule is COc1ccc(OC)c(NC(=O)COC(=O)CCCC(=O)Nc2cccc(Cl)c2)c1. The second kappa shape index (κ2) is 11.7. The molecule has 0 atom stereocenters. The number of amides is 2. The van der Waals surface area contributed by atoms with Gasteiger partial charge in [-0.2, -0.15) is 0 Å². The van der Waals surface area contributed by atoms with Crippen molar-refractivity contribution in [2.45, 2.75) is 19.3 Å². The van der Waals surface area contributed by atoms with Gasteiger partial charge in [0.25, 0.3) is 5.91 Å². The second-order valence-corrected chi connectivity index (χ2v) is 6.62. The summed E-state index contributed by atoms with van der Waals surface area (Å²) in [5.74, 6) is -0.347. The summed E-state index contributed by atoms with van der Waals surface area (Å²) in [6.07, 6.45) is 0.435. The van der Waals surface area contributed by atoms with E-state index in [0.29, 0.717) is 27.9 Å². The first-order chi connectivity index (χ1) is 14.4. The van der Waals surface area contributed by atoms with Gasteiger partial charge < -0.3 is 24.8 Å². The van der Waals surface area contributed by atoms with Crippen molar-refractivity contribution < 1.29 is 28.6 Å². The Morgan fingerprint density at radius 1 is 0.933 bits per heavy atom. The first-order valence-corrected chi connectivity index (χ1v) is 9.52. The van der Waals surface area contributed by atoms with E-state index in [1.165, 1.54) is 14.2 Å². The maximum Gasteiger partial charge on any atom is 0.306 e. The Morgan fingerprint density at radius 3 is 2.43 bits per heavy atom. The zero-order chi connectivity index (χ0) is 21.9. The second-order valence-electron chi connectivity index (χ2n) is 6.19. The van der Waals surface area contributed by atoms with Crippen molar-refractivity contribution in [3.63, 3.8) is 0 Å². The fourth-order valence-corrected chi connectivity index (χ4v) is 2.69. The van der Waals surface area contributed by atoms with Gasteiger partial charge in [0.05, 0.1) is 19.9 Å². The molecule has 0 aliphatic carbocycles. The van der Waals surface area contributed by atoms with Gasteiger partial charge in [-0.05, 0) is 36.8 Å². The molecule has 160 valence electrons. The molecule has 2 amide bonds. The van der Waals surface area contributed by atoms with Crippen LogP contribution >= 0.6 is 11.6 Å². The minimum absolute atomic E-state index is 0.0126. The van der Waals surface area contributed by atoms with Crippen LogP contribution in [0.5, 0.6) is 11.5 Å². The molecule has 0 unspecified atom stereocenters. The monoisotopic (exact) mass is 434 g/mol. The van der Waals surface area contributed by atoms with E-state index in [-0.39, 0.29) is 25.2 Å². The molecule has 0 aliphatic heterocycles. The fourth-order valence-electron chi connectivity index (χ4n) is 2.50. The average Bonchev–Trinajstić information content (AvgIpc) is 2.72. The highest BCUT2D eigenvalue weighted by Gasteiger charge is 2.12. The molecule has 2 rings (SSSR count). The number of carbonyl (C=O) groups excluding carboxylic acids is 3. The van der Waals surface area contributed by atoms with Crippen molar-refractivity contribution in [3.05, 3.63) is 47.5 Å². The van der Waals surface area contributed by atoms with Crippen molar-refractivity contribution in [3.8, 4) is 11.5 Å². The minimum atomic E-state index is -0.571. The van der Waals surface area contributed by atoms with Crippen LogP contribution in [0.4, 0.5) is 11.4 Å². The number of hydrogen-bond donors (Lipinski definition) is 2. The van der Waals surface area contributed by atoms with Gasteiger partial charge in [-0.25, -0.2) is 0 Å². The smallest absolute Gasteiger partial charge is 0.306 e. The molecule has 8 nitrogen and oxygen atoms in total. The zero-order valence-corrected chi connectivity index (χ0v) is 17.5. The predicted octanol–water partition coefficient (Wildman–Crippen LogP) is 3.65. The number of methoxy groups -OCH3 is 2. The van der Waals surface area contributed by atoms with Crippen LogP contribution < -0.4 is 20.1 Å². The molecule has 0 bridgehead atoms. The van der Waals surface area contributed by atoms with Crippen molar-refractivity contribution in [1.82, 2.24) is 0 Å². The molecule has 0 aliphatic rings. The van der Waals surface area contributed by atoms with E-state index in [4.69, 9.17) is 25.8 Å². The molecule has 2 aromatic carbocycles. The number of rotatable bonds is 10. The van der Waals surface area contributed by atoms with Crippen LogP contribution in [0.15, 0.2) is 42.5 Å². The van der Waals surface area contributed by atoms with E-state index < -0.39 is 18.5 Å². The maximum atomic E-state index is 12.0. The number of ether oxygens (including phenoxy) is 3.